The van der Waals surface area contributed by atoms with Gasteiger partial charge in [-0.25, -0.2) is 0 Å². The van der Waals surface area contributed by atoms with Crippen molar-refractivity contribution >= 4 is 0 Å². The third-order valence-electron chi connectivity index (χ3n) is 2.68. The first kappa shape index (κ1) is 15.1. The van der Waals surface area contributed by atoms with Gasteiger partial charge in [-0.05, 0) is 12.6 Å². The number of benzene rings is 1. The van der Waals surface area contributed by atoms with E-state index in [0.29, 0.717) is 19.7 Å². The molecule has 0 bridgehead atoms. The molecule has 0 aliphatic carbocycles. The Morgan fingerprint density at radius 1 is 1.33 bits per heavy atom. The average Bonchev–Trinajstić information content (AvgIpc) is 2.35. The van der Waals surface area contributed by atoms with E-state index in [9.17, 15) is 5.11 Å². The standard InChI is InChI=1S/C14H24N2O2/c1-16(11-13-6-4-3-5-7-13)12-14(17)10-15-8-9-18-2/h3-7,14-15,17H,8-12H2,1-2H3. The monoisotopic (exact) mass is 252 g/mol. The normalized spacial score (nSPS) is 12.9. The molecule has 0 radical (unpaired) electrons. The number of nitrogens with one attached hydrogen (secondary N) is 1. The van der Waals surface area contributed by atoms with Gasteiger partial charge in [0.2, 0.25) is 0 Å². The van der Waals surface area contributed by atoms with Crippen LogP contribution >= 0.6 is 0 Å². The van der Waals surface area contributed by atoms with Crippen molar-refractivity contribution < 1.29 is 9.84 Å². The summed E-state index contributed by atoms with van der Waals surface area (Å²) in [5.74, 6) is 0. The van der Waals surface area contributed by atoms with Gasteiger partial charge in [0.15, 0.2) is 0 Å². The lowest BCUT2D eigenvalue weighted by atomic mass is 10.2. The molecule has 0 aliphatic heterocycles. The molecule has 0 saturated carbocycles. The summed E-state index contributed by atoms with van der Waals surface area (Å²) in [7, 11) is 3.69. The maximum Gasteiger partial charge on any atom is 0.0791 e. The molecule has 0 heterocycles. The summed E-state index contributed by atoms with van der Waals surface area (Å²) in [4.78, 5) is 2.12. The van der Waals surface area contributed by atoms with Gasteiger partial charge < -0.3 is 15.2 Å². The quantitative estimate of drug-likeness (QED) is 0.636. The van der Waals surface area contributed by atoms with Crippen molar-refractivity contribution in [3.05, 3.63) is 35.9 Å². The Labute approximate surface area is 110 Å². The van der Waals surface area contributed by atoms with Crippen LogP contribution in [0.3, 0.4) is 0 Å². The van der Waals surface area contributed by atoms with Crippen molar-refractivity contribution in [2.75, 3.05) is 40.4 Å². The highest BCUT2D eigenvalue weighted by Gasteiger charge is 2.07. The maximum atomic E-state index is 9.85. The Morgan fingerprint density at radius 2 is 2.06 bits per heavy atom. The minimum absolute atomic E-state index is 0.351. The highest BCUT2D eigenvalue weighted by atomic mass is 16.5. The van der Waals surface area contributed by atoms with Crippen LogP contribution < -0.4 is 5.32 Å². The SMILES string of the molecule is COCCNCC(O)CN(C)Cc1ccccc1. The first-order valence-corrected chi connectivity index (χ1v) is 6.32. The molecule has 0 aromatic heterocycles. The van der Waals surface area contributed by atoms with Crippen molar-refractivity contribution in [1.82, 2.24) is 10.2 Å². The Hall–Kier alpha value is -0.940. The van der Waals surface area contributed by atoms with Gasteiger partial charge in [0, 0.05) is 33.3 Å². The van der Waals surface area contributed by atoms with E-state index in [2.05, 4.69) is 22.3 Å². The largest absolute Gasteiger partial charge is 0.390 e. The number of ether oxygens (including phenoxy) is 1. The van der Waals surface area contributed by atoms with Crippen LogP contribution in [-0.2, 0) is 11.3 Å². The number of methoxy groups -OCH3 is 1. The van der Waals surface area contributed by atoms with Crippen LogP contribution in [-0.4, -0.2) is 56.5 Å². The van der Waals surface area contributed by atoms with Gasteiger partial charge in [-0.15, -0.1) is 0 Å². The molecule has 2 N–H and O–H groups in total. The minimum Gasteiger partial charge on any atom is -0.390 e. The predicted molar refractivity (Wildman–Crippen MR) is 73.5 cm³/mol. The zero-order chi connectivity index (χ0) is 13.2. The molecular formula is C14H24N2O2. The number of nitrogens with zero attached hydrogens (tertiary/aromatic N) is 1. The van der Waals surface area contributed by atoms with Gasteiger partial charge in [-0.2, -0.15) is 0 Å². The summed E-state index contributed by atoms with van der Waals surface area (Å²) in [6.07, 6.45) is -0.351. The Bertz CT molecular complexity index is 306. The maximum absolute atomic E-state index is 9.85. The van der Waals surface area contributed by atoms with E-state index in [-0.39, 0.29) is 6.10 Å². The fourth-order valence-electron chi connectivity index (χ4n) is 1.83. The number of hydrogen-bond acceptors (Lipinski definition) is 4. The van der Waals surface area contributed by atoms with Gasteiger partial charge in [-0.3, -0.25) is 4.90 Å². The van der Waals surface area contributed by atoms with E-state index in [1.807, 2.05) is 25.2 Å². The molecule has 1 unspecified atom stereocenters. The topological polar surface area (TPSA) is 44.7 Å². The summed E-state index contributed by atoms with van der Waals surface area (Å²) < 4.78 is 4.93. The number of hydrogen-bond donors (Lipinski definition) is 2. The van der Waals surface area contributed by atoms with Gasteiger partial charge >= 0.3 is 0 Å². The highest BCUT2D eigenvalue weighted by molar-refractivity contribution is 5.14. The number of aliphatic hydroxyl groups excluding tert-OH is 1. The van der Waals surface area contributed by atoms with Crippen molar-refractivity contribution in [2.45, 2.75) is 12.6 Å². The molecule has 1 aromatic rings. The Balaban J connectivity index is 2.17. The van der Waals surface area contributed by atoms with Crippen molar-refractivity contribution in [3.8, 4) is 0 Å². The van der Waals surface area contributed by atoms with Crippen LogP contribution in [0.1, 0.15) is 5.56 Å². The summed E-state index contributed by atoms with van der Waals surface area (Å²) >= 11 is 0. The lowest BCUT2D eigenvalue weighted by molar-refractivity contribution is 0.117. The van der Waals surface area contributed by atoms with Crippen LogP contribution in [0.4, 0.5) is 0 Å². The van der Waals surface area contributed by atoms with Gasteiger partial charge in [0.05, 0.1) is 12.7 Å². The second-order valence-corrected chi connectivity index (χ2v) is 4.53. The molecule has 4 nitrogen and oxygen atoms in total. The van der Waals surface area contributed by atoms with Crippen molar-refractivity contribution in [3.63, 3.8) is 0 Å². The fraction of sp³-hybridized carbons (Fsp3) is 0.571. The van der Waals surface area contributed by atoms with Crippen LogP contribution in [0, 0.1) is 0 Å². The molecule has 0 aliphatic rings. The first-order valence-electron chi connectivity index (χ1n) is 6.32. The lowest BCUT2D eigenvalue weighted by Gasteiger charge is -2.20. The van der Waals surface area contributed by atoms with Gasteiger partial charge in [0.25, 0.3) is 0 Å². The summed E-state index contributed by atoms with van der Waals surface area (Å²) in [6, 6.07) is 10.3. The highest BCUT2D eigenvalue weighted by Crippen LogP contribution is 2.02. The zero-order valence-corrected chi connectivity index (χ0v) is 11.3. The number of rotatable bonds is 9. The summed E-state index contributed by atoms with van der Waals surface area (Å²) in [6.45, 7) is 3.57. The number of likely N-dealkylation sites (N-methyl/N-ethyl adjacent to an activating group) is 1. The smallest absolute Gasteiger partial charge is 0.0791 e. The van der Waals surface area contributed by atoms with E-state index in [1.54, 1.807) is 7.11 Å². The van der Waals surface area contributed by atoms with E-state index in [1.165, 1.54) is 5.56 Å². The second-order valence-electron chi connectivity index (χ2n) is 4.53. The summed E-state index contributed by atoms with van der Waals surface area (Å²) in [5, 5.41) is 13.0. The molecule has 4 heteroatoms. The predicted octanol–water partition coefficient (Wildman–Crippen LogP) is 0.715. The molecule has 1 atom stereocenters. The van der Waals surface area contributed by atoms with Crippen LogP contribution in [0.25, 0.3) is 0 Å². The molecule has 18 heavy (non-hydrogen) atoms. The van der Waals surface area contributed by atoms with Crippen LogP contribution in [0.5, 0.6) is 0 Å². The minimum atomic E-state index is -0.351. The number of aliphatic hydroxyl groups is 1. The Kier molecular flexibility index (Phi) is 7.60. The Morgan fingerprint density at radius 3 is 2.72 bits per heavy atom. The zero-order valence-electron chi connectivity index (χ0n) is 11.3. The van der Waals surface area contributed by atoms with Gasteiger partial charge in [0.1, 0.15) is 0 Å². The third-order valence-corrected chi connectivity index (χ3v) is 2.68. The van der Waals surface area contributed by atoms with E-state index in [0.717, 1.165) is 13.1 Å². The van der Waals surface area contributed by atoms with Crippen molar-refractivity contribution in [2.24, 2.45) is 0 Å². The lowest BCUT2D eigenvalue weighted by Crippen LogP contribution is -2.37. The average molecular weight is 252 g/mol. The first-order chi connectivity index (χ1) is 8.72. The molecular weight excluding hydrogens is 228 g/mol. The third kappa shape index (κ3) is 6.71. The molecule has 0 amide bonds. The molecule has 1 rings (SSSR count). The molecule has 102 valence electrons. The fourth-order valence-corrected chi connectivity index (χ4v) is 1.83. The van der Waals surface area contributed by atoms with Gasteiger partial charge in [-0.1, -0.05) is 30.3 Å². The van der Waals surface area contributed by atoms with E-state index >= 15 is 0 Å². The second kappa shape index (κ2) is 9.05. The molecule has 1 aromatic carbocycles. The molecule has 0 saturated heterocycles. The van der Waals surface area contributed by atoms with Crippen molar-refractivity contribution in [1.29, 1.82) is 0 Å². The summed E-state index contributed by atoms with van der Waals surface area (Å²) in [5.41, 5.74) is 1.26. The van der Waals surface area contributed by atoms with E-state index in [4.69, 9.17) is 4.74 Å². The van der Waals surface area contributed by atoms with E-state index < -0.39 is 0 Å². The van der Waals surface area contributed by atoms with Crippen LogP contribution in [0.15, 0.2) is 30.3 Å². The molecule has 0 fully saturated rings. The molecule has 0 spiro atoms. The van der Waals surface area contributed by atoms with Crippen LogP contribution in [0.2, 0.25) is 0 Å².